The monoisotopic (exact) mass is 256 g/mol. The molecule has 0 bridgehead atoms. The molecule has 0 radical (unpaired) electrons. The van der Waals surface area contributed by atoms with Gasteiger partial charge in [0.15, 0.2) is 5.96 Å². The molecule has 2 rings (SSSR count). The molecular formula is C15H20N4. The molecule has 1 aromatic heterocycles. The summed E-state index contributed by atoms with van der Waals surface area (Å²) >= 11 is 0. The van der Waals surface area contributed by atoms with Crippen molar-refractivity contribution in [2.75, 3.05) is 13.1 Å². The number of benzene rings is 1. The predicted molar refractivity (Wildman–Crippen MR) is 80.2 cm³/mol. The van der Waals surface area contributed by atoms with Crippen molar-refractivity contribution in [2.24, 2.45) is 10.7 Å². The average molecular weight is 256 g/mol. The Morgan fingerprint density at radius 2 is 2.16 bits per heavy atom. The first-order chi connectivity index (χ1) is 9.31. The first-order valence-corrected chi connectivity index (χ1v) is 6.67. The van der Waals surface area contributed by atoms with Crippen molar-refractivity contribution in [3.8, 4) is 0 Å². The number of nitrogens with zero attached hydrogens (tertiary/aromatic N) is 2. The second-order valence-corrected chi connectivity index (χ2v) is 4.44. The number of rotatable bonds is 5. The fraction of sp³-hybridized carbons (Fsp3) is 0.333. The van der Waals surface area contributed by atoms with E-state index in [9.17, 15) is 0 Å². The molecule has 3 N–H and O–H groups in total. The van der Waals surface area contributed by atoms with Crippen LogP contribution in [0, 0.1) is 0 Å². The Morgan fingerprint density at radius 3 is 3.00 bits per heavy atom. The zero-order valence-electron chi connectivity index (χ0n) is 11.3. The Balaban J connectivity index is 1.98. The Kier molecular flexibility index (Phi) is 4.72. The van der Waals surface area contributed by atoms with Crippen LogP contribution in [0.25, 0.3) is 10.9 Å². The van der Waals surface area contributed by atoms with Crippen LogP contribution in [-0.2, 0) is 6.42 Å². The standard InChI is InChI=1S/C15H20N4/c1-2-9-18-15(16)19-11-8-13-6-3-5-12-7-4-10-17-14(12)13/h3-7,10H,2,8-9,11H2,1H3,(H3,16,18,19). The number of nitrogens with two attached hydrogens (primary N) is 1. The van der Waals surface area contributed by atoms with Crippen LogP contribution in [0.5, 0.6) is 0 Å². The first-order valence-electron chi connectivity index (χ1n) is 6.67. The Hall–Kier alpha value is -2.10. The molecule has 0 fully saturated rings. The second-order valence-electron chi connectivity index (χ2n) is 4.44. The lowest BCUT2D eigenvalue weighted by Gasteiger charge is -2.07. The third-order valence-corrected chi connectivity index (χ3v) is 2.92. The van der Waals surface area contributed by atoms with Crippen LogP contribution < -0.4 is 11.1 Å². The van der Waals surface area contributed by atoms with Crippen molar-refractivity contribution in [1.29, 1.82) is 0 Å². The molecule has 0 saturated heterocycles. The van der Waals surface area contributed by atoms with Crippen LogP contribution in [0.15, 0.2) is 41.5 Å². The largest absolute Gasteiger partial charge is 0.370 e. The smallest absolute Gasteiger partial charge is 0.188 e. The van der Waals surface area contributed by atoms with Gasteiger partial charge in [0, 0.05) is 24.7 Å². The van der Waals surface area contributed by atoms with Gasteiger partial charge in [0.1, 0.15) is 0 Å². The van der Waals surface area contributed by atoms with Crippen molar-refractivity contribution in [1.82, 2.24) is 10.3 Å². The maximum absolute atomic E-state index is 5.76. The van der Waals surface area contributed by atoms with E-state index < -0.39 is 0 Å². The van der Waals surface area contributed by atoms with Crippen LogP contribution in [0.2, 0.25) is 0 Å². The van der Waals surface area contributed by atoms with E-state index in [4.69, 9.17) is 5.73 Å². The summed E-state index contributed by atoms with van der Waals surface area (Å²) in [6, 6.07) is 10.3. The van der Waals surface area contributed by atoms with Gasteiger partial charge in [-0.3, -0.25) is 9.98 Å². The highest BCUT2D eigenvalue weighted by Crippen LogP contribution is 2.15. The molecule has 4 nitrogen and oxygen atoms in total. The lowest BCUT2D eigenvalue weighted by Crippen LogP contribution is -2.33. The third kappa shape index (κ3) is 3.68. The van der Waals surface area contributed by atoms with E-state index >= 15 is 0 Å². The van der Waals surface area contributed by atoms with Gasteiger partial charge in [0.2, 0.25) is 0 Å². The summed E-state index contributed by atoms with van der Waals surface area (Å²) in [5, 5.41) is 4.30. The highest BCUT2D eigenvalue weighted by molar-refractivity contribution is 5.81. The van der Waals surface area contributed by atoms with Gasteiger partial charge in [0.05, 0.1) is 5.52 Å². The van der Waals surface area contributed by atoms with E-state index in [0.29, 0.717) is 5.96 Å². The van der Waals surface area contributed by atoms with Crippen LogP contribution in [0.1, 0.15) is 18.9 Å². The number of hydrogen-bond acceptors (Lipinski definition) is 2. The molecule has 0 unspecified atom stereocenters. The summed E-state index contributed by atoms with van der Waals surface area (Å²) in [6.07, 6.45) is 3.72. The van der Waals surface area contributed by atoms with E-state index in [1.807, 2.05) is 12.3 Å². The van der Waals surface area contributed by atoms with Crippen molar-refractivity contribution in [3.63, 3.8) is 0 Å². The van der Waals surface area contributed by atoms with Gasteiger partial charge in [-0.2, -0.15) is 0 Å². The zero-order valence-corrected chi connectivity index (χ0v) is 11.3. The first kappa shape index (κ1) is 13.3. The number of para-hydroxylation sites is 1. The third-order valence-electron chi connectivity index (χ3n) is 2.92. The number of aromatic nitrogens is 1. The SMILES string of the molecule is CCCN=C(N)NCCc1cccc2cccnc12. The molecule has 2 aromatic rings. The summed E-state index contributed by atoms with van der Waals surface area (Å²) in [6.45, 7) is 3.63. The minimum atomic E-state index is 0.523. The van der Waals surface area contributed by atoms with Gasteiger partial charge in [-0.25, -0.2) is 0 Å². The molecule has 100 valence electrons. The predicted octanol–water partition coefficient (Wildman–Crippen LogP) is 2.09. The Morgan fingerprint density at radius 1 is 1.32 bits per heavy atom. The van der Waals surface area contributed by atoms with E-state index in [0.717, 1.165) is 31.4 Å². The van der Waals surface area contributed by atoms with Gasteiger partial charge in [-0.1, -0.05) is 31.2 Å². The van der Waals surface area contributed by atoms with E-state index in [1.165, 1.54) is 10.9 Å². The molecule has 1 heterocycles. The van der Waals surface area contributed by atoms with Gasteiger partial charge < -0.3 is 11.1 Å². The van der Waals surface area contributed by atoms with Crippen LogP contribution in [-0.4, -0.2) is 24.0 Å². The highest BCUT2D eigenvalue weighted by atomic mass is 15.1. The summed E-state index contributed by atoms with van der Waals surface area (Å²) in [5.74, 6) is 0.523. The summed E-state index contributed by atoms with van der Waals surface area (Å²) in [4.78, 5) is 8.64. The minimum absolute atomic E-state index is 0.523. The van der Waals surface area contributed by atoms with Gasteiger partial charge in [0.25, 0.3) is 0 Å². The lowest BCUT2D eigenvalue weighted by atomic mass is 10.1. The Bertz CT molecular complexity index is 558. The maximum Gasteiger partial charge on any atom is 0.188 e. The molecular weight excluding hydrogens is 236 g/mol. The lowest BCUT2D eigenvalue weighted by molar-refractivity contribution is 0.841. The van der Waals surface area contributed by atoms with E-state index in [1.54, 1.807) is 0 Å². The van der Waals surface area contributed by atoms with Gasteiger partial charge >= 0.3 is 0 Å². The highest BCUT2D eigenvalue weighted by Gasteiger charge is 2.01. The fourth-order valence-corrected chi connectivity index (χ4v) is 1.98. The van der Waals surface area contributed by atoms with Gasteiger partial charge in [-0.05, 0) is 24.5 Å². The van der Waals surface area contributed by atoms with Crippen molar-refractivity contribution < 1.29 is 0 Å². The van der Waals surface area contributed by atoms with Crippen molar-refractivity contribution in [3.05, 3.63) is 42.1 Å². The number of nitrogens with one attached hydrogen (secondary N) is 1. The minimum Gasteiger partial charge on any atom is -0.370 e. The summed E-state index contributed by atoms with van der Waals surface area (Å²) in [7, 11) is 0. The molecule has 0 atom stereocenters. The molecule has 1 aromatic carbocycles. The number of fused-ring (bicyclic) bond motifs is 1. The molecule has 19 heavy (non-hydrogen) atoms. The molecule has 0 aliphatic rings. The van der Waals surface area contributed by atoms with Gasteiger partial charge in [-0.15, -0.1) is 0 Å². The fourth-order valence-electron chi connectivity index (χ4n) is 1.98. The number of aliphatic imine (C=N–C) groups is 1. The van der Waals surface area contributed by atoms with E-state index in [-0.39, 0.29) is 0 Å². The second kappa shape index (κ2) is 6.73. The number of guanidine groups is 1. The quantitative estimate of drug-likeness (QED) is 0.636. The molecule has 0 saturated carbocycles. The summed E-state index contributed by atoms with van der Waals surface area (Å²) in [5.41, 5.74) is 8.06. The maximum atomic E-state index is 5.76. The van der Waals surface area contributed by atoms with Crippen LogP contribution in [0.3, 0.4) is 0 Å². The zero-order chi connectivity index (χ0) is 13.5. The molecule has 0 amide bonds. The van der Waals surface area contributed by atoms with Crippen LogP contribution in [0.4, 0.5) is 0 Å². The number of pyridine rings is 1. The van der Waals surface area contributed by atoms with Crippen molar-refractivity contribution >= 4 is 16.9 Å². The normalized spacial score (nSPS) is 11.7. The van der Waals surface area contributed by atoms with Crippen molar-refractivity contribution in [2.45, 2.75) is 19.8 Å². The number of hydrogen-bond donors (Lipinski definition) is 2. The Labute approximate surface area is 113 Å². The topological polar surface area (TPSA) is 63.3 Å². The molecule has 0 aliphatic heterocycles. The van der Waals surface area contributed by atoms with E-state index in [2.05, 4.69) is 46.5 Å². The average Bonchev–Trinajstić information content (AvgIpc) is 2.45. The molecule has 0 aliphatic carbocycles. The van der Waals surface area contributed by atoms with Crippen LogP contribution >= 0.6 is 0 Å². The summed E-state index contributed by atoms with van der Waals surface area (Å²) < 4.78 is 0. The molecule has 0 spiro atoms. The molecule has 4 heteroatoms.